The van der Waals surface area contributed by atoms with Crippen molar-refractivity contribution in [3.8, 4) is 0 Å². The van der Waals surface area contributed by atoms with Crippen LogP contribution in [0, 0.1) is 0 Å². The molecule has 0 radical (unpaired) electrons. The number of H-pyrrole nitrogens is 1. The number of rotatable bonds is 6. The Morgan fingerprint density at radius 1 is 1.57 bits per heavy atom. The number of aromatic nitrogens is 2. The number of alkyl carbamates (subject to hydrolysis) is 1. The summed E-state index contributed by atoms with van der Waals surface area (Å²) in [5, 5.41) is 12.4. The Kier molecular flexibility index (Phi) is 4.55. The van der Waals surface area contributed by atoms with Crippen LogP contribution in [0.5, 0.6) is 0 Å². The summed E-state index contributed by atoms with van der Waals surface area (Å²) < 4.78 is 4.73. The van der Waals surface area contributed by atoms with E-state index in [-0.39, 0.29) is 13.0 Å². The molecule has 2 aromatic rings. The Hall–Kier alpha value is -2.83. The van der Waals surface area contributed by atoms with Crippen molar-refractivity contribution in [1.82, 2.24) is 15.3 Å². The zero-order valence-electron chi connectivity index (χ0n) is 11.2. The van der Waals surface area contributed by atoms with E-state index in [9.17, 15) is 14.7 Å². The highest BCUT2D eigenvalue weighted by Crippen LogP contribution is 2.18. The number of amides is 1. The van der Waals surface area contributed by atoms with Crippen molar-refractivity contribution in [2.45, 2.75) is 12.5 Å². The summed E-state index contributed by atoms with van der Waals surface area (Å²) in [5.41, 5.74) is 1.59. The zero-order chi connectivity index (χ0) is 15.2. The predicted molar refractivity (Wildman–Crippen MR) is 75.9 cm³/mol. The van der Waals surface area contributed by atoms with Crippen LogP contribution in [-0.4, -0.2) is 39.8 Å². The van der Waals surface area contributed by atoms with Crippen molar-refractivity contribution < 1.29 is 19.4 Å². The second kappa shape index (κ2) is 6.56. The molecule has 0 bridgehead atoms. The van der Waals surface area contributed by atoms with Gasteiger partial charge in [-0.05, 0) is 11.6 Å². The summed E-state index contributed by atoms with van der Waals surface area (Å²) >= 11 is 0. The number of aromatic amines is 1. The molecule has 110 valence electrons. The second-order valence-electron chi connectivity index (χ2n) is 4.36. The van der Waals surface area contributed by atoms with Gasteiger partial charge in [0.25, 0.3) is 0 Å². The highest BCUT2D eigenvalue weighted by molar-refractivity contribution is 5.85. The first-order valence-corrected chi connectivity index (χ1v) is 6.28. The van der Waals surface area contributed by atoms with Crippen LogP contribution in [0.4, 0.5) is 4.79 Å². The summed E-state index contributed by atoms with van der Waals surface area (Å²) in [6, 6.07) is 0.713. The molecule has 1 unspecified atom stereocenters. The average molecular weight is 289 g/mol. The van der Waals surface area contributed by atoms with Gasteiger partial charge < -0.3 is 20.1 Å². The molecular weight excluding hydrogens is 274 g/mol. The van der Waals surface area contributed by atoms with Gasteiger partial charge in [-0.3, -0.25) is 4.98 Å². The lowest BCUT2D eigenvalue weighted by Crippen LogP contribution is -2.42. The maximum Gasteiger partial charge on any atom is 0.408 e. The van der Waals surface area contributed by atoms with Gasteiger partial charge >= 0.3 is 12.1 Å². The maximum absolute atomic E-state index is 11.4. The minimum Gasteiger partial charge on any atom is -0.480 e. The molecule has 0 aliphatic carbocycles. The largest absolute Gasteiger partial charge is 0.480 e. The molecule has 21 heavy (non-hydrogen) atoms. The van der Waals surface area contributed by atoms with E-state index in [1.807, 2.05) is 0 Å². The fourth-order valence-electron chi connectivity index (χ4n) is 1.94. The summed E-state index contributed by atoms with van der Waals surface area (Å²) in [5.74, 6) is -1.13. The summed E-state index contributed by atoms with van der Waals surface area (Å²) in [6.07, 6.45) is 5.74. The lowest BCUT2D eigenvalue weighted by molar-refractivity contribution is -0.139. The molecule has 0 spiro atoms. The van der Waals surface area contributed by atoms with E-state index in [2.05, 4.69) is 21.9 Å². The van der Waals surface area contributed by atoms with Crippen molar-refractivity contribution in [2.75, 3.05) is 6.61 Å². The first-order chi connectivity index (χ1) is 10.1. The SMILES string of the molecule is C=CCOC(=O)NC(Cc1c[nH]c2cnccc12)C(=O)O. The minimum absolute atomic E-state index is 0.0247. The number of ether oxygens (including phenoxy) is 1. The van der Waals surface area contributed by atoms with Crippen molar-refractivity contribution in [3.63, 3.8) is 0 Å². The van der Waals surface area contributed by atoms with Crippen LogP contribution in [-0.2, 0) is 16.0 Å². The average Bonchev–Trinajstić information content (AvgIpc) is 2.87. The topological polar surface area (TPSA) is 104 Å². The molecular formula is C14H15N3O4. The number of hydrogen-bond acceptors (Lipinski definition) is 4. The number of carbonyl (C=O) groups excluding carboxylic acids is 1. The molecule has 3 N–H and O–H groups in total. The van der Waals surface area contributed by atoms with Crippen LogP contribution in [0.25, 0.3) is 10.9 Å². The van der Waals surface area contributed by atoms with Gasteiger partial charge in [-0.2, -0.15) is 0 Å². The molecule has 7 nitrogen and oxygen atoms in total. The zero-order valence-corrected chi connectivity index (χ0v) is 11.2. The number of aliphatic carboxylic acids is 1. The molecule has 2 aromatic heterocycles. The van der Waals surface area contributed by atoms with Gasteiger partial charge in [0, 0.05) is 24.2 Å². The number of hydrogen-bond donors (Lipinski definition) is 3. The van der Waals surface area contributed by atoms with Crippen LogP contribution in [0.15, 0.2) is 37.3 Å². The molecule has 1 atom stereocenters. The predicted octanol–water partition coefficient (Wildman–Crippen LogP) is 1.47. The van der Waals surface area contributed by atoms with Crippen molar-refractivity contribution >= 4 is 23.0 Å². The van der Waals surface area contributed by atoms with Crippen molar-refractivity contribution in [2.24, 2.45) is 0 Å². The second-order valence-corrected chi connectivity index (χ2v) is 4.36. The van der Waals surface area contributed by atoms with E-state index in [4.69, 9.17) is 4.74 Å². The Morgan fingerprint density at radius 3 is 3.10 bits per heavy atom. The monoisotopic (exact) mass is 289 g/mol. The van der Waals surface area contributed by atoms with Gasteiger partial charge in [-0.25, -0.2) is 9.59 Å². The number of carboxylic acids is 1. The van der Waals surface area contributed by atoms with E-state index in [0.717, 1.165) is 16.5 Å². The molecule has 1 amide bonds. The first-order valence-electron chi connectivity index (χ1n) is 6.28. The third-order valence-electron chi connectivity index (χ3n) is 2.92. The maximum atomic E-state index is 11.4. The van der Waals surface area contributed by atoms with Crippen molar-refractivity contribution in [3.05, 3.63) is 42.9 Å². The minimum atomic E-state index is -1.13. The number of nitrogens with one attached hydrogen (secondary N) is 2. The third kappa shape index (κ3) is 3.59. The number of nitrogens with zero attached hydrogens (tertiary/aromatic N) is 1. The fraction of sp³-hybridized carbons (Fsp3) is 0.214. The van der Waals surface area contributed by atoms with Crippen LogP contribution in [0.2, 0.25) is 0 Å². The van der Waals surface area contributed by atoms with Gasteiger partial charge in [0.05, 0.1) is 11.7 Å². The van der Waals surface area contributed by atoms with Crippen LogP contribution in [0.1, 0.15) is 5.56 Å². The summed E-state index contributed by atoms with van der Waals surface area (Å²) in [7, 11) is 0. The van der Waals surface area contributed by atoms with Gasteiger partial charge in [0.2, 0.25) is 0 Å². The summed E-state index contributed by atoms with van der Waals surface area (Å²) in [4.78, 5) is 29.7. The number of pyridine rings is 1. The number of carbonyl (C=O) groups is 2. The molecule has 2 heterocycles. The van der Waals surface area contributed by atoms with Gasteiger partial charge in [-0.15, -0.1) is 0 Å². The molecule has 7 heteroatoms. The third-order valence-corrected chi connectivity index (χ3v) is 2.92. The summed E-state index contributed by atoms with van der Waals surface area (Å²) in [6.45, 7) is 3.44. The molecule has 0 saturated heterocycles. The lowest BCUT2D eigenvalue weighted by atomic mass is 10.1. The molecule has 0 aliphatic heterocycles. The van der Waals surface area contributed by atoms with E-state index in [0.29, 0.717) is 0 Å². The Bertz CT molecular complexity index is 665. The van der Waals surface area contributed by atoms with E-state index >= 15 is 0 Å². The van der Waals surface area contributed by atoms with Gasteiger partial charge in [-0.1, -0.05) is 12.7 Å². The van der Waals surface area contributed by atoms with E-state index in [1.54, 1.807) is 24.7 Å². The quantitative estimate of drug-likeness (QED) is 0.698. The molecule has 0 fully saturated rings. The first kappa shape index (κ1) is 14.6. The highest BCUT2D eigenvalue weighted by Gasteiger charge is 2.22. The normalized spacial score (nSPS) is 11.8. The Balaban J connectivity index is 2.11. The van der Waals surface area contributed by atoms with E-state index in [1.165, 1.54) is 6.08 Å². The van der Waals surface area contributed by atoms with Crippen LogP contribution in [0.3, 0.4) is 0 Å². The number of fused-ring (bicyclic) bond motifs is 1. The number of carboxylic acid groups (broad SMARTS) is 1. The van der Waals surface area contributed by atoms with Crippen molar-refractivity contribution in [1.29, 1.82) is 0 Å². The smallest absolute Gasteiger partial charge is 0.408 e. The standard InChI is InChI=1S/C14H15N3O4/c1-2-5-21-14(20)17-11(13(18)19)6-9-7-16-12-8-15-4-3-10(9)12/h2-4,7-8,11,16H,1,5-6H2,(H,17,20)(H,18,19). The Morgan fingerprint density at radius 2 is 2.38 bits per heavy atom. The molecule has 2 rings (SSSR count). The van der Waals surface area contributed by atoms with Gasteiger partial charge in [0.15, 0.2) is 0 Å². The van der Waals surface area contributed by atoms with Gasteiger partial charge in [0.1, 0.15) is 12.6 Å². The van der Waals surface area contributed by atoms with E-state index < -0.39 is 18.1 Å². The Labute approximate surface area is 120 Å². The van der Waals surface area contributed by atoms with Crippen LogP contribution >= 0.6 is 0 Å². The fourth-order valence-corrected chi connectivity index (χ4v) is 1.94. The van der Waals surface area contributed by atoms with Crippen LogP contribution < -0.4 is 5.32 Å². The molecule has 0 aliphatic rings. The molecule has 0 saturated carbocycles. The molecule has 0 aromatic carbocycles. The highest BCUT2D eigenvalue weighted by atomic mass is 16.5. The lowest BCUT2D eigenvalue weighted by Gasteiger charge is -2.13.